The van der Waals surface area contributed by atoms with Gasteiger partial charge in [0.25, 0.3) is 0 Å². The van der Waals surface area contributed by atoms with Gasteiger partial charge in [-0.15, -0.1) is 0 Å². The van der Waals surface area contributed by atoms with Crippen LogP contribution in [-0.2, 0) is 9.53 Å². The highest BCUT2D eigenvalue weighted by Crippen LogP contribution is 2.40. The highest BCUT2D eigenvalue weighted by Gasteiger charge is 2.55. The van der Waals surface area contributed by atoms with Crippen LogP contribution in [0.4, 0.5) is 4.79 Å². The van der Waals surface area contributed by atoms with Crippen LogP contribution < -0.4 is 0 Å². The third-order valence-corrected chi connectivity index (χ3v) is 3.36. The first-order valence-corrected chi connectivity index (χ1v) is 5.97. The van der Waals surface area contributed by atoms with Gasteiger partial charge in [0.1, 0.15) is 5.60 Å². The van der Waals surface area contributed by atoms with Crippen molar-refractivity contribution in [1.82, 2.24) is 9.80 Å². The standard InChI is InChI=1S/C12H20N2O3/c1-11(2,3)17-10(16)14-7-12(8-14)5-6-13(4)9(12)15/h5-8H2,1-4H3. The summed E-state index contributed by atoms with van der Waals surface area (Å²) in [6.45, 7) is 7.33. The lowest BCUT2D eigenvalue weighted by molar-refractivity contribution is -0.142. The summed E-state index contributed by atoms with van der Waals surface area (Å²) in [4.78, 5) is 27.0. The Balaban J connectivity index is 1.91. The molecule has 0 N–H and O–H groups in total. The van der Waals surface area contributed by atoms with Crippen LogP contribution in [-0.4, -0.2) is 54.1 Å². The van der Waals surface area contributed by atoms with Crippen LogP contribution in [0.2, 0.25) is 0 Å². The second-order valence-corrected chi connectivity index (χ2v) is 6.09. The zero-order valence-corrected chi connectivity index (χ0v) is 10.9. The van der Waals surface area contributed by atoms with E-state index >= 15 is 0 Å². The Morgan fingerprint density at radius 1 is 1.35 bits per heavy atom. The number of rotatable bonds is 0. The van der Waals surface area contributed by atoms with Gasteiger partial charge in [-0.3, -0.25) is 4.79 Å². The molecule has 5 heteroatoms. The highest BCUT2D eigenvalue weighted by atomic mass is 16.6. The van der Waals surface area contributed by atoms with Gasteiger partial charge in [-0.1, -0.05) is 0 Å². The van der Waals surface area contributed by atoms with Crippen molar-refractivity contribution >= 4 is 12.0 Å². The maximum atomic E-state index is 11.9. The highest BCUT2D eigenvalue weighted by molar-refractivity contribution is 5.88. The van der Waals surface area contributed by atoms with E-state index < -0.39 is 5.60 Å². The van der Waals surface area contributed by atoms with E-state index in [-0.39, 0.29) is 17.4 Å². The van der Waals surface area contributed by atoms with Crippen molar-refractivity contribution in [3.63, 3.8) is 0 Å². The van der Waals surface area contributed by atoms with E-state index in [1.807, 2.05) is 27.8 Å². The number of nitrogens with zero attached hydrogens (tertiary/aromatic N) is 2. The van der Waals surface area contributed by atoms with Crippen LogP contribution in [0.3, 0.4) is 0 Å². The molecule has 0 radical (unpaired) electrons. The summed E-state index contributed by atoms with van der Waals surface area (Å²) in [6, 6.07) is 0. The molecule has 0 aliphatic carbocycles. The Morgan fingerprint density at radius 2 is 1.94 bits per heavy atom. The van der Waals surface area contributed by atoms with Crippen molar-refractivity contribution < 1.29 is 14.3 Å². The molecule has 2 saturated heterocycles. The molecule has 0 bridgehead atoms. The molecule has 2 fully saturated rings. The van der Waals surface area contributed by atoms with E-state index in [1.165, 1.54) is 0 Å². The molecule has 96 valence electrons. The monoisotopic (exact) mass is 240 g/mol. The Hall–Kier alpha value is -1.26. The summed E-state index contributed by atoms with van der Waals surface area (Å²) < 4.78 is 5.27. The number of carbonyl (C=O) groups is 2. The predicted octanol–water partition coefficient (Wildman–Crippen LogP) is 1.09. The van der Waals surface area contributed by atoms with Gasteiger partial charge in [0.05, 0.1) is 5.41 Å². The van der Waals surface area contributed by atoms with Gasteiger partial charge in [0.15, 0.2) is 0 Å². The molecule has 2 amide bonds. The van der Waals surface area contributed by atoms with Gasteiger partial charge in [0, 0.05) is 26.7 Å². The van der Waals surface area contributed by atoms with Crippen molar-refractivity contribution in [2.75, 3.05) is 26.7 Å². The number of carbonyl (C=O) groups excluding carboxylic acids is 2. The zero-order chi connectivity index (χ0) is 12.8. The second-order valence-electron chi connectivity index (χ2n) is 6.09. The molecule has 2 aliphatic heterocycles. The van der Waals surface area contributed by atoms with Gasteiger partial charge >= 0.3 is 6.09 Å². The van der Waals surface area contributed by atoms with Gasteiger partial charge in [-0.05, 0) is 27.2 Å². The quantitative estimate of drug-likeness (QED) is 0.636. The van der Waals surface area contributed by atoms with Crippen LogP contribution in [0, 0.1) is 5.41 Å². The molecule has 0 unspecified atom stereocenters. The molecule has 17 heavy (non-hydrogen) atoms. The van der Waals surface area contributed by atoms with Crippen LogP contribution in [0.15, 0.2) is 0 Å². The van der Waals surface area contributed by atoms with E-state index in [1.54, 1.807) is 9.80 Å². The lowest BCUT2D eigenvalue weighted by atomic mass is 9.78. The molecule has 0 atom stereocenters. The number of hydrogen-bond donors (Lipinski definition) is 0. The Bertz CT molecular complexity index is 353. The summed E-state index contributed by atoms with van der Waals surface area (Å²) in [6.07, 6.45) is 0.534. The van der Waals surface area contributed by atoms with Crippen molar-refractivity contribution in [2.45, 2.75) is 32.8 Å². The SMILES string of the molecule is CN1CCC2(CN(C(=O)OC(C)(C)C)C2)C1=O. The molecule has 0 aromatic heterocycles. The predicted molar refractivity (Wildman–Crippen MR) is 62.5 cm³/mol. The maximum Gasteiger partial charge on any atom is 0.410 e. The fraction of sp³-hybridized carbons (Fsp3) is 0.833. The molecule has 0 saturated carbocycles. The van der Waals surface area contributed by atoms with Gasteiger partial charge in [-0.25, -0.2) is 4.79 Å². The Labute approximate surface area is 102 Å². The van der Waals surface area contributed by atoms with Crippen molar-refractivity contribution in [3.8, 4) is 0 Å². The number of ether oxygens (including phenoxy) is 1. The summed E-state index contributed by atoms with van der Waals surface area (Å²) in [5.74, 6) is 0.164. The summed E-state index contributed by atoms with van der Waals surface area (Å²) in [5.41, 5.74) is -0.790. The fourth-order valence-corrected chi connectivity index (χ4v) is 2.43. The third kappa shape index (κ3) is 2.10. The third-order valence-electron chi connectivity index (χ3n) is 3.36. The molecule has 2 rings (SSSR count). The van der Waals surface area contributed by atoms with Crippen LogP contribution in [0.1, 0.15) is 27.2 Å². The minimum atomic E-state index is -0.476. The molecular formula is C12H20N2O3. The number of likely N-dealkylation sites (tertiary alicyclic amines) is 2. The van der Waals surface area contributed by atoms with Crippen molar-refractivity contribution in [1.29, 1.82) is 0 Å². The molecule has 5 nitrogen and oxygen atoms in total. The average Bonchev–Trinajstić information content (AvgIpc) is 2.39. The van der Waals surface area contributed by atoms with E-state index in [0.717, 1.165) is 13.0 Å². The van der Waals surface area contributed by atoms with Crippen LogP contribution in [0.25, 0.3) is 0 Å². The largest absolute Gasteiger partial charge is 0.444 e. The van der Waals surface area contributed by atoms with E-state index in [0.29, 0.717) is 13.1 Å². The van der Waals surface area contributed by atoms with Crippen molar-refractivity contribution in [3.05, 3.63) is 0 Å². The lowest BCUT2D eigenvalue weighted by Gasteiger charge is -2.46. The van der Waals surface area contributed by atoms with Gasteiger partial charge < -0.3 is 14.5 Å². The zero-order valence-electron chi connectivity index (χ0n) is 10.9. The van der Waals surface area contributed by atoms with Crippen LogP contribution >= 0.6 is 0 Å². The summed E-state index contributed by atoms with van der Waals surface area (Å²) in [5, 5.41) is 0. The smallest absolute Gasteiger partial charge is 0.410 e. The lowest BCUT2D eigenvalue weighted by Crippen LogP contribution is -2.62. The van der Waals surface area contributed by atoms with E-state index in [9.17, 15) is 9.59 Å². The first-order valence-electron chi connectivity index (χ1n) is 5.97. The fourth-order valence-electron chi connectivity index (χ4n) is 2.43. The Morgan fingerprint density at radius 3 is 2.35 bits per heavy atom. The van der Waals surface area contributed by atoms with Gasteiger partial charge in [-0.2, -0.15) is 0 Å². The normalized spacial score (nSPS) is 22.9. The van der Waals surface area contributed by atoms with E-state index in [4.69, 9.17) is 4.74 Å². The second kappa shape index (κ2) is 3.62. The summed E-state index contributed by atoms with van der Waals surface area (Å²) in [7, 11) is 1.81. The summed E-state index contributed by atoms with van der Waals surface area (Å²) >= 11 is 0. The van der Waals surface area contributed by atoms with Crippen molar-refractivity contribution in [2.24, 2.45) is 5.41 Å². The van der Waals surface area contributed by atoms with Crippen LogP contribution in [0.5, 0.6) is 0 Å². The molecule has 1 spiro atoms. The molecule has 2 heterocycles. The maximum absolute atomic E-state index is 11.9. The minimum absolute atomic E-state index is 0.164. The van der Waals surface area contributed by atoms with E-state index in [2.05, 4.69) is 0 Å². The number of hydrogen-bond acceptors (Lipinski definition) is 3. The first-order chi connectivity index (χ1) is 7.73. The molecule has 0 aromatic rings. The van der Waals surface area contributed by atoms with Gasteiger partial charge in [0.2, 0.25) is 5.91 Å². The topological polar surface area (TPSA) is 49.9 Å². The molecule has 0 aromatic carbocycles. The molecule has 2 aliphatic rings. The minimum Gasteiger partial charge on any atom is -0.444 e. The first kappa shape index (κ1) is 12.2. The Kier molecular flexibility index (Phi) is 2.60. The average molecular weight is 240 g/mol. The number of amides is 2. The molecular weight excluding hydrogens is 220 g/mol.